The van der Waals surface area contributed by atoms with Crippen molar-refractivity contribution in [3.05, 3.63) is 0 Å². The Hall–Kier alpha value is -1.47. The smallest absolute Gasteiger partial charge is 0.232 e. The van der Waals surface area contributed by atoms with Crippen molar-refractivity contribution >= 4 is 17.7 Å². The van der Waals surface area contributed by atoms with E-state index >= 15 is 0 Å². The Kier molecular flexibility index (Phi) is 18.9. The number of nitrogens with one attached hydrogen (secondary N) is 1. The summed E-state index contributed by atoms with van der Waals surface area (Å²) in [5, 5.41) is 3.33. The number of ether oxygens (including phenoxy) is 1. The van der Waals surface area contributed by atoms with Gasteiger partial charge in [-0.15, -0.1) is 0 Å². The average Bonchev–Trinajstić information content (AvgIpc) is 3.06. The van der Waals surface area contributed by atoms with E-state index in [1.807, 2.05) is 39.5 Å². The van der Waals surface area contributed by atoms with Gasteiger partial charge < -0.3 is 9.64 Å². The molecule has 0 aromatic heterocycles. The van der Waals surface area contributed by atoms with Gasteiger partial charge in [0.05, 0.1) is 13.3 Å². The van der Waals surface area contributed by atoms with Gasteiger partial charge in [-0.1, -0.05) is 48.5 Å². The average molecular weight is 500 g/mol. The molecule has 7 heteroatoms. The summed E-state index contributed by atoms with van der Waals surface area (Å²) in [6, 6.07) is 0. The molecule has 1 N–H and O–H groups in total. The molecule has 35 heavy (non-hydrogen) atoms. The van der Waals surface area contributed by atoms with Crippen molar-refractivity contribution in [3.8, 4) is 0 Å². The van der Waals surface area contributed by atoms with Crippen LogP contribution in [0.4, 0.5) is 0 Å². The third-order valence-electron chi connectivity index (χ3n) is 6.89. The molecule has 3 aliphatic rings. The first-order valence-corrected chi connectivity index (χ1v) is 13.9. The van der Waals surface area contributed by atoms with E-state index in [4.69, 9.17) is 4.74 Å². The maximum Gasteiger partial charge on any atom is 0.232 e. The van der Waals surface area contributed by atoms with E-state index in [2.05, 4.69) is 5.32 Å². The second-order valence-corrected chi connectivity index (χ2v) is 9.39. The van der Waals surface area contributed by atoms with Gasteiger partial charge >= 0.3 is 0 Å². The lowest BCUT2D eigenvalue weighted by Crippen LogP contribution is -2.41. The molecule has 2 aliphatic heterocycles. The zero-order chi connectivity index (χ0) is 25.3. The van der Waals surface area contributed by atoms with Gasteiger partial charge in [0, 0.05) is 39.8 Å². The maximum absolute atomic E-state index is 12.1. The monoisotopic (exact) mass is 499 g/mol. The van der Waals surface area contributed by atoms with Crippen molar-refractivity contribution in [1.82, 2.24) is 15.1 Å². The standard InChI is InChI=1S/C23H39N3O4.2C2H6.CH4.H2/c1-18-14-22(28)26(23(18)29)15-19-7-9-20(10-8-19)16-30-17-24-11-4-2-3-6-21(27)25-12-5-13-25;2*1-2;;/h18-20,24H,2-17H2,1H3;2*1-2H3;1H4;1H. The highest BCUT2D eigenvalue weighted by Gasteiger charge is 2.37. The highest BCUT2D eigenvalue weighted by atomic mass is 16.5. The van der Waals surface area contributed by atoms with Gasteiger partial charge in [-0.25, -0.2) is 0 Å². The molecule has 0 bridgehead atoms. The van der Waals surface area contributed by atoms with E-state index in [0.29, 0.717) is 43.9 Å². The van der Waals surface area contributed by atoms with E-state index in [9.17, 15) is 14.4 Å². The van der Waals surface area contributed by atoms with Gasteiger partial charge in [-0.05, 0) is 63.3 Å². The molecule has 1 atom stereocenters. The predicted molar refractivity (Wildman–Crippen MR) is 146 cm³/mol. The molecule has 0 radical (unpaired) electrons. The first-order valence-electron chi connectivity index (χ1n) is 13.9. The molecule has 1 saturated carbocycles. The molecule has 208 valence electrons. The molecular weight excluding hydrogens is 442 g/mol. The van der Waals surface area contributed by atoms with Crippen molar-refractivity contribution in [3.63, 3.8) is 0 Å². The second kappa shape index (κ2) is 19.7. The van der Waals surface area contributed by atoms with Crippen LogP contribution in [-0.4, -0.2) is 67.0 Å². The molecule has 0 aromatic rings. The first kappa shape index (κ1) is 33.5. The third kappa shape index (κ3) is 11.9. The Balaban J connectivity index is 0. The largest absolute Gasteiger partial charge is 0.366 e. The van der Waals surface area contributed by atoms with Gasteiger partial charge in [0.2, 0.25) is 17.7 Å². The summed E-state index contributed by atoms with van der Waals surface area (Å²) in [5.41, 5.74) is 0. The maximum atomic E-state index is 12.1. The molecule has 0 aromatic carbocycles. The topological polar surface area (TPSA) is 79.0 Å². The minimum atomic E-state index is -0.137. The summed E-state index contributed by atoms with van der Waals surface area (Å²) in [6.07, 6.45) is 9.75. The molecule has 2 saturated heterocycles. The fourth-order valence-electron chi connectivity index (χ4n) is 4.68. The Morgan fingerprint density at radius 3 is 2.17 bits per heavy atom. The number of carbonyl (C=O) groups is 3. The number of amides is 3. The van der Waals surface area contributed by atoms with Crippen LogP contribution >= 0.6 is 0 Å². The molecule has 1 aliphatic carbocycles. The Bertz CT molecular complexity index is 593. The van der Waals surface area contributed by atoms with E-state index in [-0.39, 0.29) is 26.6 Å². The van der Waals surface area contributed by atoms with Crippen LogP contribution < -0.4 is 5.32 Å². The second-order valence-electron chi connectivity index (χ2n) is 9.39. The Morgan fingerprint density at radius 2 is 1.63 bits per heavy atom. The highest BCUT2D eigenvalue weighted by Crippen LogP contribution is 2.31. The minimum absolute atomic E-state index is 0. The van der Waals surface area contributed by atoms with Crippen molar-refractivity contribution in [2.24, 2.45) is 17.8 Å². The SMILES string of the molecule is C.CC.CC.CC1CC(=O)N(CC2CCC(COCNCCCCCC(=O)N3CCC3)CC2)C1=O.[HH]. The van der Waals surface area contributed by atoms with Gasteiger partial charge in [0.1, 0.15) is 0 Å². The fourth-order valence-corrected chi connectivity index (χ4v) is 4.68. The lowest BCUT2D eigenvalue weighted by Gasteiger charge is -2.30. The minimum Gasteiger partial charge on any atom is -0.366 e. The summed E-state index contributed by atoms with van der Waals surface area (Å²) in [5.74, 6) is 1.24. The van der Waals surface area contributed by atoms with Crippen LogP contribution in [0.15, 0.2) is 0 Å². The number of imide groups is 1. The van der Waals surface area contributed by atoms with Gasteiger partial charge in [-0.2, -0.15) is 0 Å². The number of carbonyl (C=O) groups excluding carboxylic acids is 3. The highest BCUT2D eigenvalue weighted by molar-refractivity contribution is 6.03. The summed E-state index contributed by atoms with van der Waals surface area (Å²) >= 11 is 0. The predicted octanol–water partition coefficient (Wildman–Crippen LogP) is 5.48. The lowest BCUT2D eigenvalue weighted by atomic mass is 9.82. The van der Waals surface area contributed by atoms with Crippen LogP contribution in [0.2, 0.25) is 0 Å². The fraction of sp³-hybridized carbons (Fsp3) is 0.893. The first-order chi connectivity index (χ1) is 16.5. The zero-order valence-electron chi connectivity index (χ0n) is 22.6. The summed E-state index contributed by atoms with van der Waals surface area (Å²) in [4.78, 5) is 39.2. The lowest BCUT2D eigenvalue weighted by molar-refractivity contribution is -0.140. The molecule has 1 unspecified atom stereocenters. The molecule has 0 spiro atoms. The van der Waals surface area contributed by atoms with Crippen molar-refractivity contribution < 1.29 is 20.5 Å². The molecule has 3 fully saturated rings. The molecule has 7 nitrogen and oxygen atoms in total. The summed E-state index contributed by atoms with van der Waals surface area (Å²) < 4.78 is 5.80. The van der Waals surface area contributed by atoms with E-state index in [1.54, 1.807) is 0 Å². The van der Waals surface area contributed by atoms with Crippen LogP contribution in [0.25, 0.3) is 0 Å². The van der Waals surface area contributed by atoms with Crippen molar-refractivity contribution in [1.29, 1.82) is 0 Å². The van der Waals surface area contributed by atoms with Crippen LogP contribution in [0.5, 0.6) is 0 Å². The molecule has 3 rings (SSSR count). The normalized spacial score (nSPS) is 23.4. The zero-order valence-corrected chi connectivity index (χ0v) is 22.6. The summed E-state index contributed by atoms with van der Waals surface area (Å²) in [6.45, 7) is 14.7. The van der Waals surface area contributed by atoms with E-state index in [1.165, 1.54) is 4.90 Å². The summed E-state index contributed by atoms with van der Waals surface area (Å²) in [7, 11) is 0. The van der Waals surface area contributed by atoms with E-state index < -0.39 is 0 Å². The Labute approximate surface area is 217 Å². The van der Waals surface area contributed by atoms with E-state index in [0.717, 1.165) is 77.6 Å². The van der Waals surface area contributed by atoms with Crippen LogP contribution in [-0.2, 0) is 19.1 Å². The van der Waals surface area contributed by atoms with Crippen molar-refractivity contribution in [2.45, 2.75) is 106 Å². The molecule has 3 amide bonds. The van der Waals surface area contributed by atoms with Gasteiger partial charge in [0.15, 0.2) is 0 Å². The number of rotatable bonds is 12. The van der Waals surface area contributed by atoms with Gasteiger partial charge in [0.25, 0.3) is 0 Å². The van der Waals surface area contributed by atoms with Crippen LogP contribution in [0.1, 0.15) is 108 Å². The third-order valence-corrected chi connectivity index (χ3v) is 6.89. The number of hydrogen-bond acceptors (Lipinski definition) is 5. The number of nitrogens with zero attached hydrogens (tertiary/aromatic N) is 2. The number of hydrogen-bond donors (Lipinski definition) is 1. The Morgan fingerprint density at radius 1 is 1.00 bits per heavy atom. The number of likely N-dealkylation sites (tertiary alicyclic amines) is 2. The van der Waals surface area contributed by atoms with Crippen LogP contribution in [0, 0.1) is 17.8 Å². The van der Waals surface area contributed by atoms with Gasteiger partial charge in [-0.3, -0.25) is 24.6 Å². The van der Waals surface area contributed by atoms with Crippen LogP contribution in [0.3, 0.4) is 0 Å². The molecule has 2 heterocycles. The molecular formula is C28H57N3O4. The number of unbranched alkanes of at least 4 members (excludes halogenated alkanes) is 2. The van der Waals surface area contributed by atoms with Crippen molar-refractivity contribution in [2.75, 3.05) is 39.5 Å². The quantitative estimate of drug-likeness (QED) is 0.219.